The number of ketones is 1. The molecule has 0 aromatic rings. The van der Waals surface area contributed by atoms with E-state index >= 15 is 0 Å². The summed E-state index contributed by atoms with van der Waals surface area (Å²) in [6.07, 6.45) is 10.8. The Morgan fingerprint density at radius 1 is 0.512 bits per heavy atom. The standard InChI is InChI=1S/C30H51NO12/c1-4-8-34-12-16-40-22-24-42-26-29(27-43-25-23-41-17-13-35-9-5-2)31-30(33)7-11-37-15-19-39-21-20-38-18-14-36-10-6-28(3)32/h1-2,29H,6-27H2,3H3,(H,31,33). The van der Waals surface area contributed by atoms with E-state index in [1.54, 1.807) is 0 Å². The van der Waals surface area contributed by atoms with Crippen LogP contribution in [0.25, 0.3) is 0 Å². The zero-order valence-corrected chi connectivity index (χ0v) is 25.7. The second kappa shape index (κ2) is 34.4. The molecule has 0 radical (unpaired) electrons. The smallest absolute Gasteiger partial charge is 0.222 e. The van der Waals surface area contributed by atoms with Gasteiger partial charge in [-0.05, 0) is 6.92 Å². The quantitative estimate of drug-likeness (QED) is 0.0784. The molecule has 0 aliphatic heterocycles. The Morgan fingerprint density at radius 2 is 0.837 bits per heavy atom. The number of carbonyl (C=O) groups is 2. The lowest BCUT2D eigenvalue weighted by molar-refractivity contribution is -0.124. The molecule has 43 heavy (non-hydrogen) atoms. The minimum absolute atomic E-state index is 0.104. The van der Waals surface area contributed by atoms with Gasteiger partial charge < -0.3 is 52.7 Å². The summed E-state index contributed by atoms with van der Waals surface area (Å²) in [6, 6.07) is -0.353. The molecule has 1 N–H and O–H groups in total. The highest BCUT2D eigenvalue weighted by atomic mass is 16.6. The molecule has 0 saturated heterocycles. The molecular weight excluding hydrogens is 566 g/mol. The number of terminal acetylenes is 2. The van der Waals surface area contributed by atoms with Gasteiger partial charge in [-0.15, -0.1) is 12.8 Å². The van der Waals surface area contributed by atoms with Crippen molar-refractivity contribution in [1.82, 2.24) is 5.32 Å². The van der Waals surface area contributed by atoms with Crippen LogP contribution in [0.2, 0.25) is 0 Å². The van der Waals surface area contributed by atoms with Gasteiger partial charge in [0.05, 0.1) is 125 Å². The summed E-state index contributed by atoms with van der Waals surface area (Å²) < 4.78 is 54.0. The summed E-state index contributed by atoms with van der Waals surface area (Å²) in [5, 5.41) is 2.91. The van der Waals surface area contributed by atoms with Gasteiger partial charge in [0.15, 0.2) is 0 Å². The largest absolute Gasteiger partial charge is 0.379 e. The molecule has 13 nitrogen and oxygen atoms in total. The lowest BCUT2D eigenvalue weighted by Crippen LogP contribution is -2.42. The number of hydrogen-bond donors (Lipinski definition) is 1. The van der Waals surface area contributed by atoms with Crippen molar-refractivity contribution in [3.05, 3.63) is 0 Å². The van der Waals surface area contributed by atoms with E-state index in [-0.39, 0.29) is 57.2 Å². The van der Waals surface area contributed by atoms with Crippen LogP contribution in [0.5, 0.6) is 0 Å². The number of nitrogens with one attached hydrogen (secondary N) is 1. The molecule has 0 atom stereocenters. The van der Waals surface area contributed by atoms with E-state index in [9.17, 15) is 9.59 Å². The maximum atomic E-state index is 12.4. The lowest BCUT2D eigenvalue weighted by Gasteiger charge is -2.19. The molecule has 0 bridgehead atoms. The molecule has 0 aliphatic rings. The molecule has 0 saturated carbocycles. The lowest BCUT2D eigenvalue weighted by atomic mass is 10.3. The van der Waals surface area contributed by atoms with Crippen LogP contribution in [0.1, 0.15) is 19.8 Å². The predicted molar refractivity (Wildman–Crippen MR) is 158 cm³/mol. The molecule has 0 rings (SSSR count). The molecular formula is C30H51NO12. The summed E-state index contributed by atoms with van der Waals surface area (Å²) in [4.78, 5) is 23.2. The van der Waals surface area contributed by atoms with Crippen LogP contribution in [0.15, 0.2) is 0 Å². The molecule has 0 unspecified atom stereocenters. The topological polar surface area (TPSA) is 138 Å². The second-order valence-corrected chi connectivity index (χ2v) is 8.80. The highest BCUT2D eigenvalue weighted by molar-refractivity contribution is 5.76. The van der Waals surface area contributed by atoms with Crippen molar-refractivity contribution in [1.29, 1.82) is 0 Å². The third-order valence-electron chi connectivity index (χ3n) is 5.05. The number of amides is 1. The van der Waals surface area contributed by atoms with Crippen molar-refractivity contribution in [3.8, 4) is 24.7 Å². The number of Topliss-reactive ketones (excluding diaryl/α,β-unsaturated/α-hetero) is 1. The van der Waals surface area contributed by atoms with Gasteiger partial charge in [0.25, 0.3) is 0 Å². The van der Waals surface area contributed by atoms with Gasteiger partial charge in [0.2, 0.25) is 5.91 Å². The fourth-order valence-corrected chi connectivity index (χ4v) is 2.96. The average Bonchev–Trinajstić information content (AvgIpc) is 2.99. The normalized spacial score (nSPS) is 11.0. The van der Waals surface area contributed by atoms with Crippen LogP contribution in [0.4, 0.5) is 0 Å². The number of rotatable bonds is 34. The minimum Gasteiger partial charge on any atom is -0.379 e. The van der Waals surface area contributed by atoms with Crippen LogP contribution in [0, 0.1) is 24.7 Å². The van der Waals surface area contributed by atoms with Gasteiger partial charge >= 0.3 is 0 Å². The Hall–Kier alpha value is -2.14. The van der Waals surface area contributed by atoms with Crippen LogP contribution >= 0.6 is 0 Å². The summed E-state index contributed by atoms with van der Waals surface area (Å²) >= 11 is 0. The minimum atomic E-state index is -0.353. The van der Waals surface area contributed by atoms with E-state index in [1.165, 1.54) is 6.92 Å². The highest BCUT2D eigenvalue weighted by Gasteiger charge is 2.13. The first-order valence-electron chi connectivity index (χ1n) is 14.5. The Balaban J connectivity index is 3.97. The number of carbonyl (C=O) groups excluding carboxylic acids is 2. The van der Waals surface area contributed by atoms with Crippen LogP contribution in [0.3, 0.4) is 0 Å². The van der Waals surface area contributed by atoms with Crippen LogP contribution < -0.4 is 5.32 Å². The third kappa shape index (κ3) is 34.2. The van der Waals surface area contributed by atoms with Crippen molar-refractivity contribution in [3.63, 3.8) is 0 Å². The van der Waals surface area contributed by atoms with E-state index in [0.717, 1.165) is 0 Å². The third-order valence-corrected chi connectivity index (χ3v) is 5.05. The SMILES string of the molecule is C#CCOCCOCCOCC(COCCOCCOCC#C)NC(=O)CCOCCOCCOCCOCCC(C)=O. The average molecular weight is 618 g/mol. The van der Waals surface area contributed by atoms with E-state index in [4.69, 9.17) is 60.2 Å². The van der Waals surface area contributed by atoms with E-state index in [0.29, 0.717) is 106 Å². The Bertz CT molecular complexity index is 693. The van der Waals surface area contributed by atoms with E-state index in [1.807, 2.05) is 0 Å². The molecule has 0 aliphatic carbocycles. The molecule has 13 heteroatoms. The Labute approximate surface area is 256 Å². The zero-order valence-electron chi connectivity index (χ0n) is 25.7. The van der Waals surface area contributed by atoms with Gasteiger partial charge in [0.1, 0.15) is 19.0 Å². The molecule has 0 spiro atoms. The van der Waals surface area contributed by atoms with Crippen molar-refractivity contribution < 1.29 is 57.0 Å². The highest BCUT2D eigenvalue weighted by Crippen LogP contribution is 1.94. The second-order valence-electron chi connectivity index (χ2n) is 8.80. The van der Waals surface area contributed by atoms with Crippen LogP contribution in [-0.4, -0.2) is 150 Å². The van der Waals surface area contributed by atoms with Crippen molar-refractivity contribution in [2.45, 2.75) is 25.8 Å². The summed E-state index contributed by atoms with van der Waals surface area (Å²) in [5.41, 5.74) is 0. The predicted octanol–water partition coefficient (Wildman–Crippen LogP) is 0.273. The Morgan fingerprint density at radius 3 is 1.21 bits per heavy atom. The van der Waals surface area contributed by atoms with Crippen LogP contribution in [-0.2, 0) is 57.0 Å². The van der Waals surface area contributed by atoms with Crippen molar-refractivity contribution in [2.24, 2.45) is 0 Å². The first-order chi connectivity index (χ1) is 21.1. The summed E-state index contributed by atoms with van der Waals surface area (Å²) in [7, 11) is 0. The Kier molecular flexibility index (Phi) is 32.6. The van der Waals surface area contributed by atoms with E-state index < -0.39 is 0 Å². The van der Waals surface area contributed by atoms with Gasteiger partial charge in [0, 0.05) is 12.8 Å². The first-order valence-corrected chi connectivity index (χ1v) is 14.5. The van der Waals surface area contributed by atoms with Gasteiger partial charge in [-0.3, -0.25) is 9.59 Å². The maximum Gasteiger partial charge on any atom is 0.222 e. The van der Waals surface area contributed by atoms with Gasteiger partial charge in [-0.25, -0.2) is 0 Å². The molecule has 0 heterocycles. The molecule has 1 amide bonds. The maximum absolute atomic E-state index is 12.4. The number of hydrogen-bond acceptors (Lipinski definition) is 12. The van der Waals surface area contributed by atoms with Gasteiger partial charge in [-0.1, -0.05) is 11.8 Å². The van der Waals surface area contributed by atoms with Gasteiger partial charge in [-0.2, -0.15) is 0 Å². The fourth-order valence-electron chi connectivity index (χ4n) is 2.96. The van der Waals surface area contributed by atoms with Crippen molar-refractivity contribution in [2.75, 3.05) is 132 Å². The fraction of sp³-hybridized carbons (Fsp3) is 0.800. The molecule has 0 aromatic carbocycles. The summed E-state index contributed by atoms with van der Waals surface area (Å²) in [5.74, 6) is 4.70. The molecule has 248 valence electrons. The zero-order chi connectivity index (χ0) is 31.5. The summed E-state index contributed by atoms with van der Waals surface area (Å²) in [6.45, 7) is 8.84. The van der Waals surface area contributed by atoms with E-state index in [2.05, 4.69) is 17.2 Å². The molecule has 0 aromatic heterocycles. The number of ether oxygens (including phenoxy) is 10. The first kappa shape index (κ1) is 40.9. The monoisotopic (exact) mass is 617 g/mol. The molecule has 0 fully saturated rings. The van der Waals surface area contributed by atoms with Crippen molar-refractivity contribution >= 4 is 11.7 Å².